The van der Waals surface area contributed by atoms with E-state index in [1.54, 1.807) is 0 Å². The van der Waals surface area contributed by atoms with E-state index in [0.717, 1.165) is 24.1 Å². The molecule has 4 nitrogen and oxygen atoms in total. The van der Waals surface area contributed by atoms with Gasteiger partial charge in [-0.1, -0.05) is 24.3 Å². The minimum atomic E-state index is 0.230. The van der Waals surface area contributed by atoms with Gasteiger partial charge in [0.25, 0.3) is 0 Å². The number of fused-ring (bicyclic) bond motifs is 2. The van der Waals surface area contributed by atoms with Crippen LogP contribution < -0.4 is 11.5 Å². The molecule has 88 valence electrons. The number of rotatable bonds is 0. The lowest BCUT2D eigenvalue weighted by atomic mass is 9.87. The number of anilines is 2. The fraction of sp³-hybridized carbons (Fsp3) is 0.143. The average molecular weight is 236 g/mol. The monoisotopic (exact) mass is 236 g/mol. The van der Waals surface area contributed by atoms with Crippen LogP contribution in [0.25, 0.3) is 0 Å². The summed E-state index contributed by atoms with van der Waals surface area (Å²) in [6.07, 6.45) is 1.45. The second kappa shape index (κ2) is 3.74. The molecule has 1 heterocycles. The Morgan fingerprint density at radius 3 is 2.44 bits per heavy atom. The molecule has 0 fully saturated rings. The van der Waals surface area contributed by atoms with Crippen molar-refractivity contribution in [2.45, 2.75) is 12.8 Å². The number of hydrogen-bond acceptors (Lipinski definition) is 4. The van der Waals surface area contributed by atoms with Crippen molar-refractivity contribution >= 4 is 11.5 Å². The molecule has 0 atom stereocenters. The van der Waals surface area contributed by atoms with Gasteiger partial charge in [0.1, 0.15) is 17.5 Å². The Morgan fingerprint density at radius 1 is 1.11 bits per heavy atom. The summed E-state index contributed by atoms with van der Waals surface area (Å²) in [7, 11) is 0. The van der Waals surface area contributed by atoms with Crippen molar-refractivity contribution < 1.29 is 0 Å². The van der Waals surface area contributed by atoms with Gasteiger partial charge in [0, 0.05) is 18.4 Å². The first kappa shape index (κ1) is 10.6. The van der Waals surface area contributed by atoms with Crippen molar-refractivity contribution in [2.24, 2.45) is 0 Å². The third-order valence-corrected chi connectivity index (χ3v) is 3.41. The van der Waals surface area contributed by atoms with E-state index in [0.29, 0.717) is 11.3 Å². The number of pyridine rings is 1. The van der Waals surface area contributed by atoms with E-state index in [-0.39, 0.29) is 5.82 Å². The molecule has 0 bridgehead atoms. The van der Waals surface area contributed by atoms with Gasteiger partial charge in [-0.05, 0) is 11.1 Å². The van der Waals surface area contributed by atoms with Gasteiger partial charge in [0.05, 0.1) is 11.4 Å². The summed E-state index contributed by atoms with van der Waals surface area (Å²) in [6.45, 7) is 0. The quantitative estimate of drug-likeness (QED) is 0.620. The predicted octanol–water partition coefficient (Wildman–Crippen LogP) is 1.61. The molecule has 18 heavy (non-hydrogen) atoms. The lowest BCUT2D eigenvalue weighted by Crippen LogP contribution is -2.15. The molecule has 0 unspecified atom stereocenters. The van der Waals surface area contributed by atoms with Crippen molar-refractivity contribution in [3.8, 4) is 6.07 Å². The maximum atomic E-state index is 9.05. The smallest absolute Gasteiger partial charge is 0.143 e. The lowest BCUT2D eigenvalue weighted by molar-refractivity contribution is 0.946. The van der Waals surface area contributed by atoms with Crippen LogP contribution in [-0.4, -0.2) is 4.98 Å². The van der Waals surface area contributed by atoms with E-state index in [2.05, 4.69) is 17.1 Å². The second-order valence-electron chi connectivity index (χ2n) is 4.45. The van der Waals surface area contributed by atoms with Crippen LogP contribution in [0.4, 0.5) is 11.5 Å². The summed E-state index contributed by atoms with van der Waals surface area (Å²) in [6, 6.07) is 10.2. The van der Waals surface area contributed by atoms with Crippen molar-refractivity contribution in [1.82, 2.24) is 4.98 Å². The fourth-order valence-corrected chi connectivity index (χ4v) is 2.45. The molecule has 0 amide bonds. The Balaban J connectivity index is 2.20. The van der Waals surface area contributed by atoms with Crippen molar-refractivity contribution in [1.29, 1.82) is 5.26 Å². The zero-order valence-corrected chi connectivity index (χ0v) is 9.77. The van der Waals surface area contributed by atoms with Gasteiger partial charge < -0.3 is 11.5 Å². The van der Waals surface area contributed by atoms with E-state index in [4.69, 9.17) is 16.7 Å². The highest BCUT2D eigenvalue weighted by Gasteiger charge is 2.21. The molecule has 1 aromatic carbocycles. The third-order valence-electron chi connectivity index (χ3n) is 3.41. The highest BCUT2D eigenvalue weighted by molar-refractivity contribution is 5.70. The molecule has 1 aliphatic rings. The first-order chi connectivity index (χ1) is 8.70. The van der Waals surface area contributed by atoms with E-state index in [9.17, 15) is 0 Å². The van der Waals surface area contributed by atoms with E-state index >= 15 is 0 Å². The van der Waals surface area contributed by atoms with Crippen LogP contribution in [0.3, 0.4) is 0 Å². The minimum Gasteiger partial charge on any atom is -0.397 e. The van der Waals surface area contributed by atoms with Gasteiger partial charge in [-0.3, -0.25) is 0 Å². The van der Waals surface area contributed by atoms with Gasteiger partial charge in [0.15, 0.2) is 0 Å². The van der Waals surface area contributed by atoms with Crippen LogP contribution in [0.5, 0.6) is 0 Å². The number of nitrogens with two attached hydrogens (primary N) is 2. The molecule has 4 heteroatoms. The summed E-state index contributed by atoms with van der Waals surface area (Å²) in [5, 5.41) is 9.05. The van der Waals surface area contributed by atoms with Crippen LogP contribution in [-0.2, 0) is 12.8 Å². The third kappa shape index (κ3) is 1.41. The highest BCUT2D eigenvalue weighted by Crippen LogP contribution is 2.32. The Hall–Kier alpha value is -2.54. The number of nitrogen functional groups attached to an aromatic ring is 2. The molecule has 1 aliphatic carbocycles. The molecule has 0 saturated carbocycles. The van der Waals surface area contributed by atoms with E-state index < -0.39 is 0 Å². The minimum absolute atomic E-state index is 0.230. The Bertz CT molecular complexity index is 683. The molecule has 3 rings (SSSR count). The fourth-order valence-electron chi connectivity index (χ4n) is 2.45. The summed E-state index contributed by atoms with van der Waals surface area (Å²) < 4.78 is 0. The predicted molar refractivity (Wildman–Crippen MR) is 69.8 cm³/mol. The molecule has 0 radical (unpaired) electrons. The van der Waals surface area contributed by atoms with Gasteiger partial charge in [-0.2, -0.15) is 5.26 Å². The van der Waals surface area contributed by atoms with Crippen molar-refractivity contribution in [3.63, 3.8) is 0 Å². The zero-order chi connectivity index (χ0) is 12.7. The van der Waals surface area contributed by atoms with Crippen LogP contribution in [0.15, 0.2) is 24.3 Å². The maximum absolute atomic E-state index is 9.05. The van der Waals surface area contributed by atoms with Gasteiger partial charge in [-0.25, -0.2) is 4.98 Å². The molecule has 1 aromatic heterocycles. The average Bonchev–Trinajstić information content (AvgIpc) is 2.37. The first-order valence-electron chi connectivity index (χ1n) is 5.74. The van der Waals surface area contributed by atoms with Crippen LogP contribution in [0.2, 0.25) is 0 Å². The summed E-state index contributed by atoms with van der Waals surface area (Å²) in [5.41, 5.74) is 16.9. The largest absolute Gasteiger partial charge is 0.397 e. The van der Waals surface area contributed by atoms with E-state index in [1.807, 2.05) is 18.2 Å². The highest BCUT2D eigenvalue weighted by atomic mass is 14.9. The SMILES string of the molecule is N#Cc1c(N)nc2c(c1N)Cc1ccccc1C2. The molecule has 0 saturated heterocycles. The number of aromatic nitrogens is 1. The number of nitriles is 1. The van der Waals surface area contributed by atoms with Crippen LogP contribution >= 0.6 is 0 Å². The topological polar surface area (TPSA) is 88.7 Å². The lowest BCUT2D eigenvalue weighted by Gasteiger charge is -2.21. The number of nitrogens with zero attached hydrogens (tertiary/aromatic N) is 2. The van der Waals surface area contributed by atoms with Gasteiger partial charge >= 0.3 is 0 Å². The van der Waals surface area contributed by atoms with Crippen LogP contribution in [0, 0.1) is 11.3 Å². The molecule has 4 N–H and O–H groups in total. The van der Waals surface area contributed by atoms with Crippen LogP contribution in [0.1, 0.15) is 27.9 Å². The Morgan fingerprint density at radius 2 is 1.78 bits per heavy atom. The maximum Gasteiger partial charge on any atom is 0.143 e. The molecular weight excluding hydrogens is 224 g/mol. The zero-order valence-electron chi connectivity index (χ0n) is 9.77. The molecule has 0 spiro atoms. The molecule has 0 aliphatic heterocycles. The summed E-state index contributed by atoms with van der Waals surface area (Å²) in [5.74, 6) is 0.230. The standard InChI is InChI=1S/C14H12N4/c15-7-11-13(16)10-5-8-3-1-2-4-9(8)6-12(10)18-14(11)17/h1-4H,5-6H2,(H4,16,17,18). The van der Waals surface area contributed by atoms with Crippen molar-refractivity contribution in [3.05, 3.63) is 52.2 Å². The number of hydrogen-bond donors (Lipinski definition) is 2. The second-order valence-corrected chi connectivity index (χ2v) is 4.45. The van der Waals surface area contributed by atoms with E-state index in [1.165, 1.54) is 11.1 Å². The normalized spacial score (nSPS) is 12.4. The van der Waals surface area contributed by atoms with Gasteiger partial charge in [-0.15, -0.1) is 0 Å². The number of benzene rings is 1. The summed E-state index contributed by atoms with van der Waals surface area (Å²) >= 11 is 0. The van der Waals surface area contributed by atoms with Crippen molar-refractivity contribution in [2.75, 3.05) is 11.5 Å². The Kier molecular flexibility index (Phi) is 2.20. The molecule has 2 aromatic rings. The van der Waals surface area contributed by atoms with Gasteiger partial charge in [0.2, 0.25) is 0 Å². The first-order valence-corrected chi connectivity index (χ1v) is 5.74. The summed E-state index contributed by atoms with van der Waals surface area (Å²) in [4.78, 5) is 4.32. The molecular formula is C14H12N4. The Labute approximate surface area is 105 Å².